The summed E-state index contributed by atoms with van der Waals surface area (Å²) < 4.78 is 0. The maximum Gasteiger partial charge on any atom is 0.170 e. The molecule has 3 nitrogen and oxygen atoms in total. The summed E-state index contributed by atoms with van der Waals surface area (Å²) in [6, 6.07) is 13.2. The Morgan fingerprint density at radius 3 is 2.27 bits per heavy atom. The SMILES string of the molecule is S=C(Nc1ccccc1)NC1CC2CCCC(C1)N2C1CC1. The summed E-state index contributed by atoms with van der Waals surface area (Å²) in [7, 11) is 0. The molecule has 22 heavy (non-hydrogen) atoms. The minimum atomic E-state index is 0.536. The van der Waals surface area contributed by atoms with Gasteiger partial charge in [0.25, 0.3) is 0 Å². The van der Waals surface area contributed by atoms with Gasteiger partial charge in [0, 0.05) is 29.9 Å². The van der Waals surface area contributed by atoms with Gasteiger partial charge in [-0.15, -0.1) is 0 Å². The molecule has 2 heterocycles. The first kappa shape index (κ1) is 14.5. The van der Waals surface area contributed by atoms with E-state index in [2.05, 4.69) is 27.7 Å². The summed E-state index contributed by atoms with van der Waals surface area (Å²) in [6.07, 6.45) is 9.54. The molecule has 4 rings (SSSR count). The van der Waals surface area contributed by atoms with Crippen LogP contribution in [-0.4, -0.2) is 34.2 Å². The Morgan fingerprint density at radius 1 is 0.955 bits per heavy atom. The van der Waals surface area contributed by atoms with E-state index in [9.17, 15) is 0 Å². The number of nitrogens with zero attached hydrogens (tertiary/aromatic N) is 1. The number of hydrogen-bond donors (Lipinski definition) is 2. The molecule has 1 aromatic carbocycles. The molecule has 0 amide bonds. The number of rotatable bonds is 3. The zero-order valence-corrected chi connectivity index (χ0v) is 13.8. The van der Waals surface area contributed by atoms with Gasteiger partial charge < -0.3 is 10.6 Å². The van der Waals surface area contributed by atoms with Crippen LogP contribution in [0, 0.1) is 0 Å². The average Bonchev–Trinajstić information content (AvgIpc) is 3.31. The highest BCUT2D eigenvalue weighted by Crippen LogP contribution is 2.41. The lowest BCUT2D eigenvalue weighted by Gasteiger charge is -2.49. The molecule has 4 heteroatoms. The Hall–Kier alpha value is -1.13. The Balaban J connectivity index is 1.35. The van der Waals surface area contributed by atoms with Crippen LogP contribution in [0.15, 0.2) is 30.3 Å². The van der Waals surface area contributed by atoms with E-state index in [0.717, 1.165) is 28.9 Å². The molecule has 2 bridgehead atoms. The number of para-hydroxylation sites is 1. The molecule has 118 valence electrons. The largest absolute Gasteiger partial charge is 0.360 e. The predicted octanol–water partition coefficient (Wildman–Crippen LogP) is 3.52. The highest BCUT2D eigenvalue weighted by atomic mass is 32.1. The van der Waals surface area contributed by atoms with Gasteiger partial charge in [0.2, 0.25) is 0 Å². The minimum absolute atomic E-state index is 0.536. The molecule has 2 saturated heterocycles. The fraction of sp³-hybridized carbons (Fsp3) is 0.611. The van der Waals surface area contributed by atoms with Crippen LogP contribution in [0.5, 0.6) is 0 Å². The van der Waals surface area contributed by atoms with Crippen LogP contribution in [0.3, 0.4) is 0 Å². The van der Waals surface area contributed by atoms with Gasteiger partial charge in [-0.3, -0.25) is 4.90 Å². The van der Waals surface area contributed by atoms with E-state index < -0.39 is 0 Å². The first-order valence-electron chi connectivity index (χ1n) is 8.69. The van der Waals surface area contributed by atoms with Crippen LogP contribution in [0.1, 0.15) is 44.9 Å². The van der Waals surface area contributed by atoms with Gasteiger partial charge >= 0.3 is 0 Å². The molecule has 3 aliphatic rings. The third kappa shape index (κ3) is 3.13. The lowest BCUT2D eigenvalue weighted by Crippen LogP contribution is -2.57. The van der Waals surface area contributed by atoms with Crippen molar-refractivity contribution < 1.29 is 0 Å². The first-order valence-corrected chi connectivity index (χ1v) is 9.10. The van der Waals surface area contributed by atoms with Crippen molar-refractivity contribution in [2.45, 2.75) is 69.1 Å². The zero-order chi connectivity index (χ0) is 14.9. The molecule has 1 saturated carbocycles. The second kappa shape index (κ2) is 6.17. The summed E-state index contributed by atoms with van der Waals surface area (Å²) in [4.78, 5) is 2.86. The fourth-order valence-electron chi connectivity index (χ4n) is 4.38. The molecular formula is C18H25N3S. The predicted molar refractivity (Wildman–Crippen MR) is 95.1 cm³/mol. The van der Waals surface area contributed by atoms with Gasteiger partial charge in [0.1, 0.15) is 0 Å². The topological polar surface area (TPSA) is 27.3 Å². The monoisotopic (exact) mass is 315 g/mol. The number of nitrogens with one attached hydrogen (secondary N) is 2. The molecule has 0 aromatic heterocycles. The molecule has 0 spiro atoms. The van der Waals surface area contributed by atoms with Crippen molar-refractivity contribution in [1.82, 2.24) is 10.2 Å². The first-order chi connectivity index (χ1) is 10.8. The Kier molecular flexibility index (Phi) is 4.05. The second-order valence-electron chi connectivity index (χ2n) is 7.05. The van der Waals surface area contributed by atoms with Gasteiger partial charge in [-0.1, -0.05) is 24.6 Å². The van der Waals surface area contributed by atoms with Crippen molar-refractivity contribution in [1.29, 1.82) is 0 Å². The molecule has 2 atom stereocenters. The standard InChI is InChI=1S/C18H25N3S/c22-18(19-13-5-2-1-3-6-13)20-14-11-16-7-4-8-17(12-14)21(16)15-9-10-15/h1-3,5-6,14-17H,4,7-12H2,(H2,19,20,22). The fourth-order valence-corrected chi connectivity index (χ4v) is 4.66. The molecular weight excluding hydrogens is 290 g/mol. The summed E-state index contributed by atoms with van der Waals surface area (Å²) in [5, 5.41) is 7.65. The summed E-state index contributed by atoms with van der Waals surface area (Å²) in [6.45, 7) is 0. The Labute approximate surface area is 138 Å². The summed E-state index contributed by atoms with van der Waals surface area (Å²) in [5.74, 6) is 0. The lowest BCUT2D eigenvalue weighted by atomic mass is 9.81. The number of anilines is 1. The molecule has 1 aliphatic carbocycles. The number of piperidine rings is 2. The summed E-state index contributed by atoms with van der Waals surface area (Å²) >= 11 is 5.51. The van der Waals surface area contributed by atoms with E-state index in [4.69, 9.17) is 12.2 Å². The van der Waals surface area contributed by atoms with E-state index >= 15 is 0 Å². The third-order valence-electron chi connectivity index (χ3n) is 5.37. The smallest absolute Gasteiger partial charge is 0.170 e. The van der Waals surface area contributed by atoms with Crippen LogP contribution in [0.4, 0.5) is 5.69 Å². The molecule has 3 fully saturated rings. The van der Waals surface area contributed by atoms with E-state index in [1.807, 2.05) is 18.2 Å². The van der Waals surface area contributed by atoms with E-state index in [0.29, 0.717) is 6.04 Å². The number of fused-ring (bicyclic) bond motifs is 2. The highest BCUT2D eigenvalue weighted by molar-refractivity contribution is 7.80. The van der Waals surface area contributed by atoms with E-state index in [1.165, 1.54) is 44.9 Å². The van der Waals surface area contributed by atoms with E-state index in [-0.39, 0.29) is 0 Å². The average molecular weight is 315 g/mol. The molecule has 1 aromatic rings. The lowest BCUT2D eigenvalue weighted by molar-refractivity contribution is 0.0209. The third-order valence-corrected chi connectivity index (χ3v) is 5.59. The minimum Gasteiger partial charge on any atom is -0.360 e. The molecule has 2 N–H and O–H groups in total. The van der Waals surface area contributed by atoms with Crippen molar-refractivity contribution in [3.05, 3.63) is 30.3 Å². The van der Waals surface area contributed by atoms with E-state index in [1.54, 1.807) is 0 Å². The normalized spacial score (nSPS) is 31.5. The maximum atomic E-state index is 5.51. The van der Waals surface area contributed by atoms with Crippen LogP contribution in [0.2, 0.25) is 0 Å². The molecule has 2 unspecified atom stereocenters. The zero-order valence-electron chi connectivity index (χ0n) is 13.0. The maximum absolute atomic E-state index is 5.51. The van der Waals surface area contributed by atoms with Gasteiger partial charge in [0.05, 0.1) is 0 Å². The van der Waals surface area contributed by atoms with Crippen molar-refractivity contribution in [2.75, 3.05) is 5.32 Å². The van der Waals surface area contributed by atoms with Gasteiger partial charge in [0.15, 0.2) is 5.11 Å². The van der Waals surface area contributed by atoms with Crippen LogP contribution >= 0.6 is 12.2 Å². The van der Waals surface area contributed by atoms with Gasteiger partial charge in [-0.25, -0.2) is 0 Å². The highest BCUT2D eigenvalue weighted by Gasteiger charge is 2.44. The van der Waals surface area contributed by atoms with Crippen LogP contribution < -0.4 is 10.6 Å². The number of hydrogen-bond acceptors (Lipinski definition) is 2. The quantitative estimate of drug-likeness (QED) is 0.835. The Bertz CT molecular complexity index is 514. The second-order valence-corrected chi connectivity index (χ2v) is 7.46. The van der Waals surface area contributed by atoms with Crippen molar-refractivity contribution in [3.8, 4) is 0 Å². The van der Waals surface area contributed by atoms with Crippen LogP contribution in [-0.2, 0) is 0 Å². The summed E-state index contributed by atoms with van der Waals surface area (Å²) in [5.41, 5.74) is 1.07. The molecule has 2 aliphatic heterocycles. The number of benzene rings is 1. The van der Waals surface area contributed by atoms with Crippen LogP contribution in [0.25, 0.3) is 0 Å². The van der Waals surface area contributed by atoms with Gasteiger partial charge in [-0.2, -0.15) is 0 Å². The van der Waals surface area contributed by atoms with Crippen molar-refractivity contribution >= 4 is 23.0 Å². The molecule has 0 radical (unpaired) electrons. The van der Waals surface area contributed by atoms with Gasteiger partial charge in [-0.05, 0) is 62.9 Å². The Morgan fingerprint density at radius 2 is 1.64 bits per heavy atom. The van der Waals surface area contributed by atoms with Crippen molar-refractivity contribution in [2.24, 2.45) is 0 Å². The van der Waals surface area contributed by atoms with Crippen molar-refractivity contribution in [3.63, 3.8) is 0 Å². The number of thiocarbonyl (C=S) groups is 1.